The third-order valence-corrected chi connectivity index (χ3v) is 23.1. The van der Waals surface area contributed by atoms with Gasteiger partial charge in [0.05, 0.1) is 31.8 Å². The van der Waals surface area contributed by atoms with Crippen LogP contribution >= 0.6 is 11.8 Å². The van der Waals surface area contributed by atoms with E-state index in [0.29, 0.717) is 57.1 Å². The van der Waals surface area contributed by atoms with Gasteiger partial charge < -0.3 is 98.4 Å². The van der Waals surface area contributed by atoms with Crippen LogP contribution in [-0.4, -0.2) is 272 Å². The van der Waals surface area contributed by atoms with E-state index in [9.17, 15) is 58.5 Å². The van der Waals surface area contributed by atoms with Crippen LogP contribution < -0.4 is 53.6 Å². The highest BCUT2D eigenvalue weighted by Crippen LogP contribution is 2.24. The van der Waals surface area contributed by atoms with Crippen LogP contribution in [0.3, 0.4) is 0 Å². The number of thioether (sulfide) groups is 1. The van der Waals surface area contributed by atoms with E-state index < -0.39 is 193 Å². The van der Waals surface area contributed by atoms with Gasteiger partial charge in [-0.1, -0.05) is 180 Å². The number of nitrogens with two attached hydrogens (primary N) is 1. The molecule has 11 atom stereocenters. The Kier molecular flexibility index (Phi) is 38.6. The molecule has 0 radical (unpaired) electrons. The number of aromatic hydroxyl groups is 2. The number of amides is 15. The van der Waals surface area contributed by atoms with Gasteiger partial charge in [-0.2, -0.15) is 0 Å². The second-order valence-electron chi connectivity index (χ2n) is 32.7. The predicted octanol–water partition coefficient (Wildman–Crippen LogP) is 2.47. The lowest BCUT2D eigenvalue weighted by molar-refractivity contribution is -0.151. The van der Waals surface area contributed by atoms with Crippen molar-refractivity contribution in [2.45, 2.75) is 178 Å². The van der Waals surface area contributed by atoms with Crippen LogP contribution in [0.4, 0.5) is 0 Å². The van der Waals surface area contributed by atoms with Gasteiger partial charge >= 0.3 is 5.97 Å². The highest BCUT2D eigenvalue weighted by molar-refractivity contribution is 8.00. The van der Waals surface area contributed by atoms with Crippen molar-refractivity contribution in [1.29, 1.82) is 0 Å². The normalized spacial score (nSPS) is 21.9. The Hall–Kier alpha value is -13.7. The molecule has 129 heavy (non-hydrogen) atoms. The number of hydrogen-bond donors (Lipinski definition) is 14. The first-order valence-corrected chi connectivity index (χ1v) is 43.9. The molecule has 1 aliphatic rings. The standard InChI is InChI=1S/C93H118N16O19S/c1-10-12-33-75-92(127)106(6)53-80(114)98-71(49-82(116)117)87(122)100-67(24-11-2)90(125)108(8)76(46-58-27-18-14-19-28-58)88(123)103-72(45-61-36-40-64(111)41-37-61)89(124)105(5)52-79(113)97-70(48-62-50-95-66-32-23-22-31-65(62)66)86(121)102-69(43-60-34-38-63(110)39-35-60)85(120)101-68(42-56(3)4)84(119)104-74(83(118)96-51-78(94)112)54-129-55-81(115)99-73(44-57-25-16-13-17-26-57)91(126)109(9)77(93(128)107(75)7)47-59-29-20-15-21-30-59/h13-23,25-32,34-41,50,56,67-77,95,110-111H,10-12,24,33,42-49,51-55H2,1-9H3,(H2,94,112)(H,96,118)(H,97,113)(H,98,114)(H,99,115)(H,100,122)(H,101,120)(H,102,121)(H,103,123)(H,104,119)(H,116,117)/t67-,68-,69-,70-,71-,72-,73-,74-,75-,76?,77-/m0/s1. The molecular weight excluding hydrogens is 1680 g/mol. The molecule has 0 spiro atoms. The molecule has 8 rings (SSSR count). The Morgan fingerprint density at radius 3 is 1.42 bits per heavy atom. The molecule has 1 aromatic heterocycles. The largest absolute Gasteiger partial charge is 0.508 e. The SMILES string of the molecule is CCCC[C@H]1C(=O)N(C)CC(=O)N[C@@H](CC(=O)O)C(=O)N[C@@H](CCC)C(=O)N(C)C(Cc2ccccc2)C(=O)N[C@@H](Cc2ccc(O)cc2)C(=O)N(C)CC(=O)N[C@@H](Cc2c[nH]c3ccccc23)C(=O)N[C@@H](Cc2ccc(O)cc2)C(=O)N[C@@H](CC(C)C)C(=O)N[C@H](C(=O)NCC(N)=O)CSCC(=O)N[C@@H](Cc2ccccc2)C(=O)N(C)[C@@H](Cc2ccccc2)C(=O)N1C. The van der Waals surface area contributed by atoms with Crippen LogP contribution in [0.1, 0.15) is 106 Å². The third-order valence-electron chi connectivity index (χ3n) is 22.0. The van der Waals surface area contributed by atoms with Crippen molar-refractivity contribution < 1.29 is 92.0 Å². The molecule has 15 N–H and O–H groups in total. The van der Waals surface area contributed by atoms with Crippen LogP contribution in [0.15, 0.2) is 170 Å². The zero-order valence-corrected chi connectivity index (χ0v) is 74.7. The molecule has 36 heteroatoms. The number of H-pyrrole nitrogens is 1. The lowest BCUT2D eigenvalue weighted by Gasteiger charge is -2.37. The molecule has 0 saturated carbocycles. The van der Waals surface area contributed by atoms with Gasteiger partial charge in [-0.3, -0.25) is 76.7 Å². The van der Waals surface area contributed by atoms with Gasteiger partial charge in [0, 0.05) is 96.6 Å². The molecule has 35 nitrogen and oxygen atoms in total. The van der Waals surface area contributed by atoms with Crippen molar-refractivity contribution in [3.8, 4) is 11.5 Å². The summed E-state index contributed by atoms with van der Waals surface area (Å²) in [5.74, 6) is -16.6. The molecular formula is C93H118N16O19S. The fraction of sp³-hybridized carbons (Fsp3) is 0.419. The lowest BCUT2D eigenvalue weighted by Crippen LogP contribution is -2.60. The fourth-order valence-corrected chi connectivity index (χ4v) is 15.9. The van der Waals surface area contributed by atoms with E-state index >= 15 is 33.6 Å². The predicted molar refractivity (Wildman–Crippen MR) is 482 cm³/mol. The van der Waals surface area contributed by atoms with Gasteiger partial charge in [0.1, 0.15) is 78.0 Å². The number of primary amides is 1. The molecule has 1 fully saturated rings. The van der Waals surface area contributed by atoms with Gasteiger partial charge in [-0.05, 0) is 88.9 Å². The number of aromatic amines is 1. The van der Waals surface area contributed by atoms with Crippen molar-refractivity contribution in [2.75, 3.05) is 66.4 Å². The summed E-state index contributed by atoms with van der Waals surface area (Å²) in [5.41, 5.74) is 9.13. The molecule has 1 aliphatic heterocycles. The number of phenols is 2. The van der Waals surface area contributed by atoms with Crippen LogP contribution in [0, 0.1) is 5.92 Å². The maximum Gasteiger partial charge on any atom is 0.305 e. The Morgan fingerprint density at radius 2 is 0.876 bits per heavy atom. The topological polar surface area (TPSA) is 500 Å². The van der Waals surface area contributed by atoms with Crippen LogP contribution in [0.5, 0.6) is 11.5 Å². The number of unbranched alkanes of at least 4 members (excludes halogenated alkanes) is 1. The molecule has 6 aromatic carbocycles. The number of aliphatic carboxylic acids is 1. The van der Waals surface area contributed by atoms with Crippen molar-refractivity contribution in [2.24, 2.45) is 11.7 Å². The summed E-state index contributed by atoms with van der Waals surface area (Å²) in [7, 11) is 6.55. The number of carbonyl (C=O) groups is 16. The van der Waals surface area contributed by atoms with Gasteiger partial charge in [0.2, 0.25) is 88.6 Å². The van der Waals surface area contributed by atoms with Crippen molar-refractivity contribution >= 4 is 117 Å². The maximum atomic E-state index is 15.5. The number of fused-ring (bicyclic) bond motifs is 1. The smallest absolute Gasteiger partial charge is 0.305 e. The summed E-state index contributed by atoms with van der Waals surface area (Å²) < 4.78 is 0. The minimum Gasteiger partial charge on any atom is -0.508 e. The first kappa shape index (κ1) is 101. The van der Waals surface area contributed by atoms with Gasteiger partial charge in [0.15, 0.2) is 0 Å². The number of phenolic OH excluding ortho intramolecular Hbond substituents is 2. The molecule has 2 heterocycles. The number of hydrogen-bond acceptors (Lipinski definition) is 19. The molecule has 0 aliphatic carbocycles. The second-order valence-corrected chi connectivity index (χ2v) is 33.7. The molecule has 7 aromatic rings. The first-order chi connectivity index (χ1) is 61.5. The second kappa shape index (κ2) is 49.4. The summed E-state index contributed by atoms with van der Waals surface area (Å²) in [6.45, 7) is 4.75. The van der Waals surface area contributed by atoms with E-state index in [0.717, 1.165) is 26.5 Å². The highest BCUT2D eigenvalue weighted by atomic mass is 32.2. The summed E-state index contributed by atoms with van der Waals surface area (Å²) in [5, 5.41) is 55.6. The zero-order chi connectivity index (χ0) is 94.1. The number of rotatable bonds is 24. The number of likely N-dealkylation sites (N-methyl/N-ethyl adjacent to an activating group) is 5. The number of carboxylic acids is 1. The number of carbonyl (C=O) groups excluding carboxylic acids is 15. The van der Waals surface area contributed by atoms with Crippen molar-refractivity contribution in [3.63, 3.8) is 0 Å². The number of carboxylic acid groups (broad SMARTS) is 1. The number of benzene rings is 6. The minimum atomic E-state index is -1.89. The Bertz CT molecular complexity index is 5050. The lowest BCUT2D eigenvalue weighted by atomic mass is 9.99. The Labute approximate surface area is 753 Å². The van der Waals surface area contributed by atoms with E-state index in [-0.39, 0.29) is 87.4 Å². The molecule has 15 amide bonds. The molecule has 690 valence electrons. The van der Waals surface area contributed by atoms with Crippen molar-refractivity contribution in [1.82, 2.24) is 77.3 Å². The third kappa shape index (κ3) is 30.8. The molecule has 0 bridgehead atoms. The average molecular weight is 1800 g/mol. The summed E-state index contributed by atoms with van der Waals surface area (Å²) in [6, 6.07) is 27.4. The number of nitrogens with zero attached hydrogens (tertiary/aromatic N) is 5. The summed E-state index contributed by atoms with van der Waals surface area (Å²) in [6.07, 6.45) is 0.238. The van der Waals surface area contributed by atoms with E-state index in [1.54, 1.807) is 142 Å². The molecule has 1 unspecified atom stereocenters. The Balaban J connectivity index is 1.21. The zero-order valence-electron chi connectivity index (χ0n) is 73.9. The average Bonchev–Trinajstić information content (AvgIpc) is 1.73. The van der Waals surface area contributed by atoms with E-state index in [4.69, 9.17) is 5.73 Å². The number of nitrogens with one attached hydrogen (secondary N) is 10. The number of para-hydroxylation sites is 1. The summed E-state index contributed by atoms with van der Waals surface area (Å²) >= 11 is 0.830. The quantitative estimate of drug-likeness (QED) is 0.0413. The fourth-order valence-electron chi connectivity index (χ4n) is 15.0. The Morgan fingerprint density at radius 1 is 0.442 bits per heavy atom. The van der Waals surface area contributed by atoms with Crippen LogP contribution in [0.2, 0.25) is 0 Å². The molecule has 1 saturated heterocycles. The number of aromatic nitrogens is 1. The van der Waals surface area contributed by atoms with E-state index in [2.05, 4.69) is 52.8 Å². The highest BCUT2D eigenvalue weighted by Gasteiger charge is 2.42. The van der Waals surface area contributed by atoms with E-state index in [1.165, 1.54) is 93.6 Å². The monoisotopic (exact) mass is 1790 g/mol. The summed E-state index contributed by atoms with van der Waals surface area (Å²) in [4.78, 5) is 243. The minimum absolute atomic E-state index is 0.0321. The van der Waals surface area contributed by atoms with Crippen LogP contribution in [0.25, 0.3) is 10.9 Å². The first-order valence-electron chi connectivity index (χ1n) is 42.8. The van der Waals surface area contributed by atoms with Gasteiger partial charge in [-0.25, -0.2) is 0 Å². The van der Waals surface area contributed by atoms with Gasteiger partial charge in [0.25, 0.3) is 0 Å². The van der Waals surface area contributed by atoms with Gasteiger partial charge in [-0.15, -0.1) is 11.8 Å². The van der Waals surface area contributed by atoms with E-state index in [1.807, 2.05) is 6.92 Å². The van der Waals surface area contributed by atoms with Crippen LogP contribution in [-0.2, 0) is 115 Å². The van der Waals surface area contributed by atoms with Crippen molar-refractivity contribution in [3.05, 3.63) is 203 Å². The maximum absolute atomic E-state index is 15.5.